The third kappa shape index (κ3) is 3.56. The van der Waals surface area contributed by atoms with Crippen molar-refractivity contribution >= 4 is 23.4 Å². The van der Waals surface area contributed by atoms with Crippen molar-refractivity contribution in [2.75, 3.05) is 11.6 Å². The van der Waals surface area contributed by atoms with Crippen LogP contribution in [-0.2, 0) is 9.53 Å². The molecule has 1 aliphatic rings. The molecule has 6 nitrogen and oxygen atoms in total. The van der Waals surface area contributed by atoms with Gasteiger partial charge in [0.1, 0.15) is 6.61 Å². The highest BCUT2D eigenvalue weighted by atomic mass is 35.5. The lowest BCUT2D eigenvalue weighted by molar-refractivity contribution is -0.299. The van der Waals surface area contributed by atoms with E-state index < -0.39 is 29.6 Å². The van der Waals surface area contributed by atoms with Crippen LogP contribution in [0.3, 0.4) is 0 Å². The minimum atomic E-state index is -4.63. The van der Waals surface area contributed by atoms with E-state index in [1.165, 1.54) is 12.3 Å². The van der Waals surface area contributed by atoms with Gasteiger partial charge in [-0.3, -0.25) is 5.43 Å². The first-order valence-corrected chi connectivity index (χ1v) is 5.91. The van der Waals surface area contributed by atoms with Gasteiger partial charge < -0.3 is 14.6 Å². The summed E-state index contributed by atoms with van der Waals surface area (Å²) in [4.78, 5) is 14.7. The number of carbonyl (C=O) groups excluding carboxylic acids is 1. The number of carboxylic acid groups (broad SMARTS) is 1. The van der Waals surface area contributed by atoms with Gasteiger partial charge in [0.2, 0.25) is 0 Å². The molecule has 0 aromatic carbocycles. The van der Waals surface area contributed by atoms with Crippen LogP contribution < -0.4 is 15.5 Å². The Hall–Kier alpha value is -2.00. The highest BCUT2D eigenvalue weighted by Gasteiger charge is 2.44. The van der Waals surface area contributed by atoms with E-state index >= 15 is 0 Å². The van der Waals surface area contributed by atoms with Gasteiger partial charge in [-0.25, -0.2) is 9.99 Å². The summed E-state index contributed by atoms with van der Waals surface area (Å²) >= 11 is 5.95. The van der Waals surface area contributed by atoms with E-state index in [4.69, 9.17) is 11.6 Å². The van der Waals surface area contributed by atoms with Gasteiger partial charge in [0.05, 0.1) is 11.7 Å². The van der Waals surface area contributed by atoms with Crippen LogP contribution in [0.15, 0.2) is 36.2 Å². The number of pyridine rings is 1. The molecular formula is C11H8ClF3N3O3-. The number of alkyl halides is 4. The number of carboxylic acids is 1. The number of hydrogen-bond donors (Lipinski definition) is 1. The van der Waals surface area contributed by atoms with E-state index in [-0.39, 0.29) is 5.82 Å². The first-order chi connectivity index (χ1) is 9.71. The van der Waals surface area contributed by atoms with Crippen molar-refractivity contribution in [2.24, 2.45) is 0 Å². The fourth-order valence-electron chi connectivity index (χ4n) is 1.56. The SMILES string of the molecule is O=C([O-])C1=CC(Cl)(OCC(F)(F)F)N(c2ccccn2)N1. The molecule has 1 unspecified atom stereocenters. The molecule has 0 aliphatic carbocycles. The van der Waals surface area contributed by atoms with Crippen molar-refractivity contribution in [1.29, 1.82) is 0 Å². The van der Waals surface area contributed by atoms with Crippen molar-refractivity contribution in [3.8, 4) is 0 Å². The molecule has 0 fully saturated rings. The first-order valence-electron chi connectivity index (χ1n) is 5.53. The van der Waals surface area contributed by atoms with Crippen LogP contribution in [0.4, 0.5) is 19.0 Å². The Morgan fingerprint density at radius 3 is 2.76 bits per heavy atom. The number of nitrogens with zero attached hydrogens (tertiary/aromatic N) is 2. The second-order valence-corrected chi connectivity index (χ2v) is 4.54. The van der Waals surface area contributed by atoms with Crippen LogP contribution in [0.5, 0.6) is 0 Å². The monoisotopic (exact) mass is 322 g/mol. The van der Waals surface area contributed by atoms with Crippen LogP contribution in [0.25, 0.3) is 0 Å². The van der Waals surface area contributed by atoms with E-state index in [0.29, 0.717) is 0 Å². The second-order valence-electron chi connectivity index (χ2n) is 3.99. The van der Waals surface area contributed by atoms with E-state index in [1.807, 2.05) is 0 Å². The van der Waals surface area contributed by atoms with E-state index in [9.17, 15) is 23.1 Å². The van der Waals surface area contributed by atoms with Crippen LogP contribution in [0.1, 0.15) is 0 Å². The zero-order chi connectivity index (χ0) is 15.7. The summed E-state index contributed by atoms with van der Waals surface area (Å²) in [6.45, 7) is -1.67. The largest absolute Gasteiger partial charge is 0.543 e. The fourth-order valence-corrected chi connectivity index (χ4v) is 1.86. The Morgan fingerprint density at radius 1 is 1.52 bits per heavy atom. The molecule has 0 bridgehead atoms. The number of rotatable bonds is 4. The van der Waals surface area contributed by atoms with Crippen molar-refractivity contribution in [3.63, 3.8) is 0 Å². The predicted octanol–water partition coefficient (Wildman–Crippen LogP) is 0.511. The van der Waals surface area contributed by atoms with Gasteiger partial charge in [0, 0.05) is 12.3 Å². The summed E-state index contributed by atoms with van der Waals surface area (Å²) in [6.07, 6.45) is -2.50. The molecule has 114 valence electrons. The van der Waals surface area contributed by atoms with Crippen LogP contribution in [0, 0.1) is 0 Å². The number of nitrogens with one attached hydrogen (secondary N) is 1. The van der Waals surface area contributed by atoms with Crippen LogP contribution >= 0.6 is 11.6 Å². The Kier molecular flexibility index (Phi) is 3.97. The first kappa shape index (κ1) is 15.4. The van der Waals surface area contributed by atoms with Crippen LogP contribution in [-0.4, -0.2) is 28.9 Å². The van der Waals surface area contributed by atoms with E-state index in [1.54, 1.807) is 12.1 Å². The predicted molar refractivity (Wildman–Crippen MR) is 63.5 cm³/mol. The molecule has 1 aliphatic heterocycles. The summed E-state index contributed by atoms with van der Waals surface area (Å²) in [5.74, 6) is -1.57. The zero-order valence-electron chi connectivity index (χ0n) is 10.2. The van der Waals surface area contributed by atoms with Crippen molar-refractivity contribution < 1.29 is 27.8 Å². The molecule has 1 N–H and O–H groups in total. The third-order valence-electron chi connectivity index (χ3n) is 2.40. The van der Waals surface area contributed by atoms with Crippen molar-refractivity contribution in [2.45, 2.75) is 11.4 Å². The van der Waals surface area contributed by atoms with Gasteiger partial charge in [0.15, 0.2) is 5.82 Å². The van der Waals surface area contributed by atoms with Gasteiger partial charge in [-0.05, 0) is 12.1 Å². The molecule has 0 saturated carbocycles. The normalized spacial score (nSPS) is 21.9. The topological polar surface area (TPSA) is 77.5 Å². The minimum absolute atomic E-state index is 0.0715. The Morgan fingerprint density at radius 2 is 2.24 bits per heavy atom. The summed E-state index contributed by atoms with van der Waals surface area (Å²) in [7, 11) is 0. The molecule has 2 heterocycles. The standard InChI is InChI=1S/C11H9ClF3N3O3/c12-10(21-6-11(13,14)15)5-7(9(19)20)17-18(10)8-3-1-2-4-16-8/h1-5,17H,6H2,(H,19,20)/p-1. The van der Waals surface area contributed by atoms with Gasteiger partial charge in [0.25, 0.3) is 5.18 Å². The quantitative estimate of drug-likeness (QED) is 0.643. The van der Waals surface area contributed by atoms with Crippen molar-refractivity contribution in [1.82, 2.24) is 10.4 Å². The molecule has 0 saturated heterocycles. The second kappa shape index (κ2) is 5.41. The molecule has 0 radical (unpaired) electrons. The molecule has 2 rings (SSSR count). The van der Waals surface area contributed by atoms with E-state index in [2.05, 4.69) is 15.1 Å². The molecule has 21 heavy (non-hydrogen) atoms. The lowest BCUT2D eigenvalue weighted by Crippen LogP contribution is -2.50. The van der Waals surface area contributed by atoms with Gasteiger partial charge in [-0.1, -0.05) is 17.7 Å². The molecule has 0 amide bonds. The van der Waals surface area contributed by atoms with Gasteiger partial charge >= 0.3 is 6.18 Å². The average molecular weight is 323 g/mol. The fraction of sp³-hybridized carbons (Fsp3) is 0.273. The number of aromatic nitrogens is 1. The molecule has 0 spiro atoms. The zero-order valence-corrected chi connectivity index (χ0v) is 11.0. The van der Waals surface area contributed by atoms with Gasteiger partial charge in [-0.2, -0.15) is 13.2 Å². The summed E-state index contributed by atoms with van der Waals surface area (Å²) in [6, 6.07) is 4.52. The number of hydrogen-bond acceptors (Lipinski definition) is 6. The van der Waals surface area contributed by atoms with Gasteiger partial charge in [-0.15, -0.1) is 0 Å². The number of ether oxygens (including phenoxy) is 1. The number of aliphatic carboxylic acids is 1. The average Bonchev–Trinajstić information content (AvgIpc) is 2.76. The molecule has 1 aromatic rings. The smallest absolute Gasteiger partial charge is 0.411 e. The van der Waals surface area contributed by atoms with Crippen molar-refractivity contribution in [3.05, 3.63) is 36.2 Å². The van der Waals surface area contributed by atoms with E-state index in [0.717, 1.165) is 11.1 Å². The Balaban J connectivity index is 2.29. The third-order valence-corrected chi connectivity index (χ3v) is 2.78. The molecular weight excluding hydrogens is 315 g/mol. The highest BCUT2D eigenvalue weighted by Crippen LogP contribution is 2.34. The maximum Gasteiger partial charge on any atom is 0.411 e. The number of anilines is 1. The summed E-state index contributed by atoms with van der Waals surface area (Å²) in [5, 5.41) is 9.50. The van der Waals surface area contributed by atoms with Crippen LogP contribution in [0.2, 0.25) is 0 Å². The Labute approximate surface area is 121 Å². The lowest BCUT2D eigenvalue weighted by Gasteiger charge is -2.32. The summed E-state index contributed by atoms with van der Waals surface area (Å²) in [5.41, 5.74) is 1.75. The summed E-state index contributed by atoms with van der Waals surface area (Å²) < 4.78 is 41.4. The number of hydrazine groups is 1. The molecule has 1 aromatic heterocycles. The Bertz CT molecular complexity index is 567. The maximum atomic E-state index is 12.3. The highest BCUT2D eigenvalue weighted by molar-refractivity contribution is 6.26. The maximum absolute atomic E-state index is 12.3. The minimum Gasteiger partial charge on any atom is -0.543 e. The lowest BCUT2D eigenvalue weighted by atomic mass is 10.4. The number of carbonyl (C=O) groups is 1. The molecule has 10 heteroatoms. The number of halogens is 4. The molecule has 1 atom stereocenters.